The summed E-state index contributed by atoms with van der Waals surface area (Å²) in [5.41, 5.74) is 4.15. The minimum atomic E-state index is 0.935. The second-order valence-corrected chi connectivity index (χ2v) is 4.84. The van der Waals surface area contributed by atoms with Crippen molar-refractivity contribution in [1.29, 1.82) is 0 Å². The molecule has 4 aromatic rings. The first kappa shape index (κ1) is 11.9. The SMILES string of the molecule is c1ccc(-c2nc3ccncc3n2-c2ccccc2)cc1. The fourth-order valence-electron chi connectivity index (χ4n) is 2.54. The molecule has 0 spiro atoms. The molecule has 2 aromatic carbocycles. The van der Waals surface area contributed by atoms with E-state index in [4.69, 9.17) is 4.98 Å². The van der Waals surface area contributed by atoms with Crippen LogP contribution in [0.2, 0.25) is 0 Å². The van der Waals surface area contributed by atoms with Crippen LogP contribution in [0.25, 0.3) is 28.1 Å². The summed E-state index contributed by atoms with van der Waals surface area (Å²) in [7, 11) is 0. The molecule has 0 atom stereocenters. The van der Waals surface area contributed by atoms with Gasteiger partial charge in [0, 0.05) is 17.4 Å². The summed E-state index contributed by atoms with van der Waals surface area (Å²) >= 11 is 0. The van der Waals surface area contributed by atoms with Gasteiger partial charge in [0.15, 0.2) is 0 Å². The van der Waals surface area contributed by atoms with Crippen LogP contribution in [0, 0.1) is 0 Å². The Labute approximate surface area is 122 Å². The van der Waals surface area contributed by atoms with Gasteiger partial charge in [-0.3, -0.25) is 9.55 Å². The van der Waals surface area contributed by atoms with Crippen molar-refractivity contribution < 1.29 is 0 Å². The number of rotatable bonds is 2. The highest BCUT2D eigenvalue weighted by atomic mass is 15.1. The third kappa shape index (κ3) is 1.99. The van der Waals surface area contributed by atoms with E-state index in [1.165, 1.54) is 0 Å². The summed E-state index contributed by atoms with van der Waals surface area (Å²) in [6, 6.07) is 22.4. The van der Waals surface area contributed by atoms with Gasteiger partial charge < -0.3 is 0 Å². The van der Waals surface area contributed by atoms with Crippen LogP contribution in [0.1, 0.15) is 0 Å². The molecule has 0 bridgehead atoms. The van der Waals surface area contributed by atoms with Gasteiger partial charge in [-0.1, -0.05) is 48.5 Å². The summed E-state index contributed by atoms with van der Waals surface area (Å²) in [5, 5.41) is 0. The lowest BCUT2D eigenvalue weighted by atomic mass is 10.2. The average Bonchev–Trinajstić information content (AvgIpc) is 2.96. The van der Waals surface area contributed by atoms with E-state index in [0.29, 0.717) is 0 Å². The highest BCUT2D eigenvalue weighted by molar-refractivity contribution is 5.82. The number of fused-ring (bicyclic) bond motifs is 1. The standard InChI is InChI=1S/C18H13N3/c1-3-7-14(8-4-1)18-20-16-11-12-19-13-17(16)21(18)15-9-5-2-6-10-15/h1-13H. The first-order valence-electron chi connectivity index (χ1n) is 6.87. The Hall–Kier alpha value is -2.94. The predicted octanol–water partition coefficient (Wildman–Crippen LogP) is 4.09. The summed E-state index contributed by atoms with van der Waals surface area (Å²) in [4.78, 5) is 9.03. The third-order valence-corrected chi connectivity index (χ3v) is 3.50. The molecule has 3 heteroatoms. The lowest BCUT2D eigenvalue weighted by Crippen LogP contribution is -1.97. The molecule has 4 rings (SSSR count). The molecule has 0 aliphatic carbocycles. The Bertz CT molecular complexity index is 880. The van der Waals surface area contributed by atoms with Crippen molar-refractivity contribution in [3.8, 4) is 17.1 Å². The van der Waals surface area contributed by atoms with Crippen molar-refractivity contribution in [3.05, 3.63) is 79.1 Å². The maximum absolute atomic E-state index is 4.78. The van der Waals surface area contributed by atoms with E-state index < -0.39 is 0 Å². The third-order valence-electron chi connectivity index (χ3n) is 3.50. The molecule has 0 unspecified atom stereocenters. The smallest absolute Gasteiger partial charge is 0.145 e. The van der Waals surface area contributed by atoms with Gasteiger partial charge in [-0.25, -0.2) is 4.98 Å². The quantitative estimate of drug-likeness (QED) is 0.550. The van der Waals surface area contributed by atoms with Crippen molar-refractivity contribution in [1.82, 2.24) is 14.5 Å². The highest BCUT2D eigenvalue weighted by Crippen LogP contribution is 2.27. The number of hydrogen-bond donors (Lipinski definition) is 0. The molecule has 0 saturated carbocycles. The lowest BCUT2D eigenvalue weighted by molar-refractivity contribution is 1.10. The molecule has 0 amide bonds. The number of benzene rings is 2. The summed E-state index contributed by atoms with van der Waals surface area (Å²) in [6.07, 6.45) is 3.64. The van der Waals surface area contributed by atoms with Crippen LogP contribution in [-0.4, -0.2) is 14.5 Å². The van der Waals surface area contributed by atoms with Gasteiger partial charge in [0.25, 0.3) is 0 Å². The van der Waals surface area contributed by atoms with Crippen molar-refractivity contribution in [2.75, 3.05) is 0 Å². The summed E-state index contributed by atoms with van der Waals surface area (Å²) in [5.74, 6) is 0.935. The second-order valence-electron chi connectivity index (χ2n) is 4.84. The molecule has 0 saturated heterocycles. The van der Waals surface area contributed by atoms with Crippen molar-refractivity contribution >= 4 is 11.0 Å². The Balaban J connectivity index is 2.07. The van der Waals surface area contributed by atoms with Crippen molar-refractivity contribution in [2.45, 2.75) is 0 Å². The normalized spacial score (nSPS) is 10.9. The number of nitrogens with zero attached hydrogens (tertiary/aromatic N) is 3. The van der Waals surface area contributed by atoms with E-state index in [9.17, 15) is 0 Å². The van der Waals surface area contributed by atoms with Crippen LogP contribution in [0.15, 0.2) is 79.1 Å². The number of hydrogen-bond acceptors (Lipinski definition) is 2. The molecule has 3 nitrogen and oxygen atoms in total. The van der Waals surface area contributed by atoms with Gasteiger partial charge >= 0.3 is 0 Å². The Morgan fingerprint density at radius 3 is 2.24 bits per heavy atom. The van der Waals surface area contributed by atoms with Crippen LogP contribution in [0.4, 0.5) is 0 Å². The first-order valence-corrected chi connectivity index (χ1v) is 6.87. The molecule has 2 aromatic heterocycles. The topological polar surface area (TPSA) is 30.7 Å². The molecule has 0 fully saturated rings. The van der Waals surface area contributed by atoms with Crippen molar-refractivity contribution in [3.63, 3.8) is 0 Å². The molecule has 2 heterocycles. The van der Waals surface area contributed by atoms with Crippen LogP contribution >= 0.6 is 0 Å². The van der Waals surface area contributed by atoms with E-state index in [2.05, 4.69) is 33.8 Å². The van der Waals surface area contributed by atoms with Gasteiger partial charge in [-0.15, -0.1) is 0 Å². The zero-order valence-corrected chi connectivity index (χ0v) is 11.3. The largest absolute Gasteiger partial charge is 0.291 e. The van der Waals surface area contributed by atoms with Crippen LogP contribution in [-0.2, 0) is 0 Å². The monoisotopic (exact) mass is 271 g/mol. The minimum Gasteiger partial charge on any atom is -0.291 e. The van der Waals surface area contributed by atoms with Gasteiger partial charge in [-0.2, -0.15) is 0 Å². The van der Waals surface area contributed by atoms with E-state index in [-0.39, 0.29) is 0 Å². The van der Waals surface area contributed by atoms with E-state index in [1.54, 1.807) is 6.20 Å². The van der Waals surface area contributed by atoms with E-state index >= 15 is 0 Å². The van der Waals surface area contributed by atoms with E-state index in [1.807, 2.05) is 48.7 Å². The lowest BCUT2D eigenvalue weighted by Gasteiger charge is -2.09. The van der Waals surface area contributed by atoms with E-state index in [0.717, 1.165) is 28.1 Å². The van der Waals surface area contributed by atoms with Gasteiger partial charge in [-0.05, 0) is 18.2 Å². The maximum atomic E-state index is 4.78. The second kappa shape index (κ2) is 4.87. The molecule has 0 aliphatic rings. The summed E-state index contributed by atoms with van der Waals surface area (Å²) in [6.45, 7) is 0. The van der Waals surface area contributed by atoms with Gasteiger partial charge in [0.2, 0.25) is 0 Å². The number of para-hydroxylation sites is 1. The fraction of sp³-hybridized carbons (Fsp3) is 0. The Morgan fingerprint density at radius 1 is 0.762 bits per heavy atom. The van der Waals surface area contributed by atoms with Gasteiger partial charge in [0.05, 0.1) is 17.2 Å². The predicted molar refractivity (Wildman–Crippen MR) is 84.3 cm³/mol. The molecular weight excluding hydrogens is 258 g/mol. The molecule has 0 aliphatic heterocycles. The minimum absolute atomic E-state index is 0.935. The van der Waals surface area contributed by atoms with Crippen LogP contribution < -0.4 is 0 Å². The zero-order valence-electron chi connectivity index (χ0n) is 11.3. The van der Waals surface area contributed by atoms with Crippen LogP contribution in [0.3, 0.4) is 0 Å². The zero-order chi connectivity index (χ0) is 14.1. The highest BCUT2D eigenvalue weighted by Gasteiger charge is 2.13. The maximum Gasteiger partial charge on any atom is 0.145 e. The Kier molecular flexibility index (Phi) is 2.75. The summed E-state index contributed by atoms with van der Waals surface area (Å²) < 4.78 is 2.15. The number of imidazole rings is 1. The Morgan fingerprint density at radius 2 is 1.48 bits per heavy atom. The van der Waals surface area contributed by atoms with Gasteiger partial charge in [0.1, 0.15) is 5.82 Å². The van der Waals surface area contributed by atoms with Crippen molar-refractivity contribution in [2.24, 2.45) is 0 Å². The molecule has 21 heavy (non-hydrogen) atoms. The molecule has 0 radical (unpaired) electrons. The molecule has 100 valence electrons. The number of pyridine rings is 1. The molecule has 0 N–H and O–H groups in total. The first-order chi connectivity index (χ1) is 10.4. The fourth-order valence-corrected chi connectivity index (χ4v) is 2.54. The average molecular weight is 271 g/mol. The van der Waals surface area contributed by atoms with Crippen LogP contribution in [0.5, 0.6) is 0 Å². The number of aromatic nitrogens is 3. The molecular formula is C18H13N3.